The second-order valence-corrected chi connectivity index (χ2v) is 10.0. The normalized spacial score (nSPS) is 15.1. The van der Waals surface area contributed by atoms with Crippen LogP contribution in [-0.2, 0) is 0 Å². The van der Waals surface area contributed by atoms with Crippen molar-refractivity contribution in [2.24, 2.45) is 0 Å². The van der Waals surface area contributed by atoms with Gasteiger partial charge in [-0.15, -0.1) is 0 Å². The van der Waals surface area contributed by atoms with Crippen molar-refractivity contribution in [1.82, 2.24) is 40.0 Å². The van der Waals surface area contributed by atoms with Gasteiger partial charge in [0.25, 0.3) is 0 Å². The molecule has 0 bridgehead atoms. The van der Waals surface area contributed by atoms with Crippen molar-refractivity contribution in [2.45, 2.75) is 6.23 Å². The molecule has 1 aliphatic heterocycles. The Hall–Kier alpha value is -4.87. The van der Waals surface area contributed by atoms with Gasteiger partial charge in [-0.2, -0.15) is 5.10 Å². The molecule has 7 rings (SSSR count). The Morgan fingerprint density at radius 1 is 0.950 bits per heavy atom. The van der Waals surface area contributed by atoms with E-state index in [2.05, 4.69) is 52.3 Å². The van der Waals surface area contributed by atoms with E-state index in [0.29, 0.717) is 17.2 Å². The number of piperazine rings is 1. The van der Waals surface area contributed by atoms with Gasteiger partial charge in [-0.1, -0.05) is 30.3 Å². The number of anilines is 2. The van der Waals surface area contributed by atoms with Crippen LogP contribution in [0.3, 0.4) is 0 Å². The zero-order valence-electron chi connectivity index (χ0n) is 21.9. The number of aliphatic hydroxyl groups excluding tert-OH is 1. The summed E-state index contributed by atoms with van der Waals surface area (Å²) in [7, 11) is 2.14. The smallest absolute Gasteiger partial charge is 0.181 e. The van der Waals surface area contributed by atoms with Gasteiger partial charge < -0.3 is 25.2 Å². The Bertz CT molecular complexity index is 1790. The first-order valence-electron chi connectivity index (χ1n) is 13.2. The number of fused-ring (bicyclic) bond motifs is 2. The summed E-state index contributed by atoms with van der Waals surface area (Å²) in [6.07, 6.45) is 6.21. The molecule has 4 N–H and O–H groups in total. The summed E-state index contributed by atoms with van der Waals surface area (Å²) in [5, 5.41) is 22.1. The van der Waals surface area contributed by atoms with Crippen LogP contribution in [0.2, 0.25) is 0 Å². The van der Waals surface area contributed by atoms with E-state index in [0.717, 1.165) is 70.8 Å². The number of nitrogens with one attached hydrogen (secondary N) is 3. The van der Waals surface area contributed by atoms with Crippen LogP contribution < -0.4 is 10.2 Å². The molecule has 0 aliphatic carbocycles. The Kier molecular flexibility index (Phi) is 6.06. The first-order chi connectivity index (χ1) is 19.6. The largest absolute Gasteiger partial charge is 0.369 e. The molecule has 1 fully saturated rings. The fourth-order valence-corrected chi connectivity index (χ4v) is 5.08. The molecule has 1 unspecified atom stereocenters. The monoisotopic (exact) mass is 532 g/mol. The Morgan fingerprint density at radius 3 is 2.62 bits per heavy atom. The highest BCUT2D eigenvalue weighted by Crippen LogP contribution is 2.32. The van der Waals surface area contributed by atoms with Crippen LogP contribution in [0.4, 0.5) is 11.5 Å². The number of imidazole rings is 1. The molecule has 11 heteroatoms. The number of hydrogen-bond donors (Lipinski definition) is 4. The van der Waals surface area contributed by atoms with E-state index in [4.69, 9.17) is 4.98 Å². The lowest BCUT2D eigenvalue weighted by atomic mass is 10.1. The van der Waals surface area contributed by atoms with Gasteiger partial charge in [0.2, 0.25) is 0 Å². The molecule has 0 radical (unpaired) electrons. The zero-order chi connectivity index (χ0) is 27.1. The average molecular weight is 533 g/mol. The van der Waals surface area contributed by atoms with Gasteiger partial charge in [-0.3, -0.25) is 10.1 Å². The summed E-state index contributed by atoms with van der Waals surface area (Å²) >= 11 is 0. The first kappa shape index (κ1) is 24.2. The Labute approximate surface area is 229 Å². The van der Waals surface area contributed by atoms with E-state index in [9.17, 15) is 5.11 Å². The van der Waals surface area contributed by atoms with Gasteiger partial charge in [-0.25, -0.2) is 15.0 Å². The summed E-state index contributed by atoms with van der Waals surface area (Å²) in [5.74, 6) is 1.57. The van der Waals surface area contributed by atoms with Gasteiger partial charge in [-0.05, 0) is 25.2 Å². The van der Waals surface area contributed by atoms with Gasteiger partial charge in [0.1, 0.15) is 11.2 Å². The lowest BCUT2D eigenvalue weighted by Crippen LogP contribution is -2.44. The molecule has 1 saturated heterocycles. The van der Waals surface area contributed by atoms with E-state index in [1.807, 2.05) is 54.7 Å². The second kappa shape index (κ2) is 10.0. The number of pyridine rings is 3. The number of benzene rings is 1. The van der Waals surface area contributed by atoms with Gasteiger partial charge in [0.15, 0.2) is 23.5 Å². The van der Waals surface area contributed by atoms with E-state index in [1.165, 1.54) is 0 Å². The molecule has 40 heavy (non-hydrogen) atoms. The molecule has 6 aromatic rings. The zero-order valence-corrected chi connectivity index (χ0v) is 21.9. The van der Waals surface area contributed by atoms with Crippen LogP contribution in [0, 0.1) is 0 Å². The molecule has 11 nitrogen and oxygen atoms in total. The highest BCUT2D eigenvalue weighted by Gasteiger charge is 2.21. The lowest BCUT2D eigenvalue weighted by molar-refractivity contribution is 0.208. The molecule has 0 spiro atoms. The molecule has 1 atom stereocenters. The summed E-state index contributed by atoms with van der Waals surface area (Å²) < 4.78 is 0. The topological polar surface area (TPSA) is 135 Å². The number of hydrogen-bond acceptors (Lipinski definition) is 9. The van der Waals surface area contributed by atoms with Crippen LogP contribution in [-0.4, -0.2) is 78.4 Å². The van der Waals surface area contributed by atoms with Crippen LogP contribution >= 0.6 is 0 Å². The number of rotatable bonds is 6. The van der Waals surface area contributed by atoms with E-state index < -0.39 is 6.23 Å². The molecular weight excluding hydrogens is 504 g/mol. The highest BCUT2D eigenvalue weighted by atomic mass is 16.3. The number of aromatic amines is 2. The quantitative estimate of drug-likeness (QED) is 0.236. The van der Waals surface area contributed by atoms with Crippen molar-refractivity contribution in [3.05, 3.63) is 78.9 Å². The van der Waals surface area contributed by atoms with Crippen molar-refractivity contribution in [1.29, 1.82) is 0 Å². The maximum Gasteiger partial charge on any atom is 0.181 e. The Morgan fingerprint density at radius 2 is 1.77 bits per heavy atom. The molecule has 0 saturated carbocycles. The van der Waals surface area contributed by atoms with Crippen LogP contribution in [0.1, 0.15) is 11.8 Å². The summed E-state index contributed by atoms with van der Waals surface area (Å²) in [6.45, 7) is 3.81. The number of likely N-dealkylation sites (N-methyl/N-ethyl adjacent to an activating group) is 1. The van der Waals surface area contributed by atoms with Crippen molar-refractivity contribution in [3.8, 4) is 22.6 Å². The summed E-state index contributed by atoms with van der Waals surface area (Å²) in [6, 6.07) is 15.4. The third kappa shape index (κ3) is 4.51. The number of aliphatic hydroxyl groups is 1. The average Bonchev–Trinajstić information content (AvgIpc) is 3.62. The molecule has 5 aromatic heterocycles. The van der Waals surface area contributed by atoms with Crippen molar-refractivity contribution in [3.63, 3.8) is 0 Å². The maximum absolute atomic E-state index is 10.6. The number of nitrogens with zero attached hydrogens (tertiary/aromatic N) is 7. The third-order valence-electron chi connectivity index (χ3n) is 7.32. The molecule has 1 aliphatic rings. The lowest BCUT2D eigenvalue weighted by Gasteiger charge is -2.33. The number of H-pyrrole nitrogens is 2. The van der Waals surface area contributed by atoms with Crippen molar-refractivity contribution >= 4 is 33.6 Å². The SMILES string of the molecule is CN1CCN(c2nccc3[nH]c(-c4[nH]nc5ncc(-c6cncc(NC(O)c7ccccc7)c6)cc45)nc23)CC1. The van der Waals surface area contributed by atoms with E-state index in [1.54, 1.807) is 18.6 Å². The second-order valence-electron chi connectivity index (χ2n) is 10.0. The first-order valence-corrected chi connectivity index (χ1v) is 13.2. The van der Waals surface area contributed by atoms with Gasteiger partial charge in [0, 0.05) is 61.5 Å². The van der Waals surface area contributed by atoms with Crippen LogP contribution in [0.5, 0.6) is 0 Å². The van der Waals surface area contributed by atoms with Gasteiger partial charge in [0.05, 0.1) is 22.8 Å². The maximum atomic E-state index is 10.6. The molecule has 6 heterocycles. The summed E-state index contributed by atoms with van der Waals surface area (Å²) in [5.41, 5.74) is 6.32. The minimum Gasteiger partial charge on any atom is -0.369 e. The molecule has 0 amide bonds. The summed E-state index contributed by atoms with van der Waals surface area (Å²) in [4.78, 5) is 26.7. The fraction of sp³-hybridized carbons (Fsp3) is 0.207. The fourth-order valence-electron chi connectivity index (χ4n) is 5.08. The molecule has 1 aromatic carbocycles. The standard InChI is InChI=1S/C29H28N10O/c1-38-9-11-39(12-10-38)28-25-23(7-8-31-28)34-27(35-25)24-22-14-20(16-32-26(22)37-36-24)19-13-21(17-30-15-19)33-29(40)18-5-3-2-4-6-18/h2-8,13-17,29,33,40H,9-12H2,1H3,(H,34,35)(H,32,36,37). The van der Waals surface area contributed by atoms with Crippen LogP contribution in [0.15, 0.2) is 73.3 Å². The minimum atomic E-state index is -0.849. The van der Waals surface area contributed by atoms with Crippen molar-refractivity contribution < 1.29 is 5.11 Å². The Balaban J connectivity index is 1.21. The predicted molar refractivity (Wildman–Crippen MR) is 155 cm³/mol. The number of aromatic nitrogens is 7. The van der Waals surface area contributed by atoms with Crippen molar-refractivity contribution in [2.75, 3.05) is 43.4 Å². The van der Waals surface area contributed by atoms with Crippen LogP contribution in [0.25, 0.3) is 44.7 Å². The van der Waals surface area contributed by atoms with E-state index >= 15 is 0 Å². The van der Waals surface area contributed by atoms with Gasteiger partial charge >= 0.3 is 0 Å². The third-order valence-corrected chi connectivity index (χ3v) is 7.32. The predicted octanol–water partition coefficient (Wildman–Crippen LogP) is 3.81. The minimum absolute atomic E-state index is 0.596. The molecular formula is C29H28N10O. The van der Waals surface area contributed by atoms with E-state index in [-0.39, 0.29) is 0 Å². The highest BCUT2D eigenvalue weighted by molar-refractivity contribution is 5.95. The molecule has 200 valence electrons.